The average Bonchev–Trinajstić information content (AvgIpc) is 3.14. The van der Waals surface area contributed by atoms with Crippen LogP contribution in [0.15, 0.2) is 12.1 Å². The summed E-state index contributed by atoms with van der Waals surface area (Å²) in [5, 5.41) is 9.75. The van der Waals surface area contributed by atoms with E-state index in [0.29, 0.717) is 0 Å². The van der Waals surface area contributed by atoms with Gasteiger partial charge in [0.1, 0.15) is 5.75 Å². The van der Waals surface area contributed by atoms with E-state index in [1.54, 1.807) is 7.11 Å². The van der Waals surface area contributed by atoms with Crippen LogP contribution in [0.3, 0.4) is 0 Å². The summed E-state index contributed by atoms with van der Waals surface area (Å²) in [6.07, 6.45) is 2.22. The second-order valence-electron chi connectivity index (χ2n) is 6.07. The highest BCUT2D eigenvalue weighted by Gasteiger charge is 2.50. The summed E-state index contributed by atoms with van der Waals surface area (Å²) in [5.74, 6) is 0.938. The molecule has 1 atom stereocenters. The Kier molecular flexibility index (Phi) is 3.88. The van der Waals surface area contributed by atoms with Crippen molar-refractivity contribution >= 4 is 0 Å². The van der Waals surface area contributed by atoms with Crippen LogP contribution in [0.4, 0.5) is 0 Å². The maximum Gasteiger partial charge on any atom is 0.122 e. The number of aliphatic hydroxyl groups is 1. The summed E-state index contributed by atoms with van der Waals surface area (Å²) in [6, 6.07) is 4.60. The van der Waals surface area contributed by atoms with E-state index in [-0.39, 0.29) is 18.1 Å². The first-order valence-corrected chi connectivity index (χ1v) is 6.87. The molecule has 1 aliphatic rings. The molecule has 0 spiro atoms. The molecule has 2 rings (SSSR count). The molecule has 0 aromatic heterocycles. The zero-order valence-corrected chi connectivity index (χ0v) is 12.7. The molecule has 0 saturated heterocycles. The Morgan fingerprint density at radius 2 is 1.89 bits per heavy atom. The number of ether oxygens (including phenoxy) is 1. The SMILES string of the molecule is COc1cc(C)c(C(N(C)C)C2(CO)CC2)cc1C. The predicted molar refractivity (Wildman–Crippen MR) is 77.6 cm³/mol. The minimum Gasteiger partial charge on any atom is -0.496 e. The third kappa shape index (κ3) is 2.49. The van der Waals surface area contributed by atoms with E-state index in [1.165, 1.54) is 11.1 Å². The fraction of sp³-hybridized carbons (Fsp3) is 0.625. The highest BCUT2D eigenvalue weighted by molar-refractivity contribution is 5.44. The van der Waals surface area contributed by atoms with Gasteiger partial charge >= 0.3 is 0 Å². The lowest BCUT2D eigenvalue weighted by Crippen LogP contribution is -2.31. The largest absolute Gasteiger partial charge is 0.496 e. The lowest BCUT2D eigenvalue weighted by molar-refractivity contribution is 0.115. The van der Waals surface area contributed by atoms with Crippen molar-refractivity contribution in [1.82, 2.24) is 4.90 Å². The van der Waals surface area contributed by atoms with Gasteiger partial charge in [-0.15, -0.1) is 0 Å². The molecule has 1 unspecified atom stereocenters. The number of methoxy groups -OCH3 is 1. The Labute approximate surface area is 116 Å². The van der Waals surface area contributed by atoms with Crippen LogP contribution >= 0.6 is 0 Å². The second kappa shape index (κ2) is 5.14. The maximum absolute atomic E-state index is 9.75. The lowest BCUT2D eigenvalue weighted by Gasteiger charge is -2.33. The van der Waals surface area contributed by atoms with Gasteiger partial charge in [-0.2, -0.15) is 0 Å². The Morgan fingerprint density at radius 1 is 1.26 bits per heavy atom. The highest BCUT2D eigenvalue weighted by Crippen LogP contribution is 2.57. The smallest absolute Gasteiger partial charge is 0.122 e. The summed E-state index contributed by atoms with van der Waals surface area (Å²) in [4.78, 5) is 2.23. The third-order valence-corrected chi connectivity index (χ3v) is 4.38. The Morgan fingerprint density at radius 3 is 2.32 bits per heavy atom. The van der Waals surface area contributed by atoms with Crippen molar-refractivity contribution in [3.63, 3.8) is 0 Å². The number of aryl methyl sites for hydroxylation is 2. The fourth-order valence-corrected chi connectivity index (χ4v) is 3.16. The summed E-state index contributed by atoms with van der Waals surface area (Å²) in [6.45, 7) is 4.47. The summed E-state index contributed by atoms with van der Waals surface area (Å²) in [5.41, 5.74) is 3.76. The van der Waals surface area contributed by atoms with E-state index in [9.17, 15) is 5.11 Å². The van der Waals surface area contributed by atoms with Crippen molar-refractivity contribution in [3.05, 3.63) is 28.8 Å². The van der Waals surface area contributed by atoms with Crippen LogP contribution in [0.1, 0.15) is 35.6 Å². The molecule has 1 aliphatic carbocycles. The average molecular weight is 263 g/mol. The Bertz CT molecular complexity index is 464. The van der Waals surface area contributed by atoms with Crippen molar-refractivity contribution in [2.45, 2.75) is 32.7 Å². The van der Waals surface area contributed by atoms with Gasteiger partial charge in [0.25, 0.3) is 0 Å². The van der Waals surface area contributed by atoms with Crippen molar-refractivity contribution in [2.75, 3.05) is 27.8 Å². The van der Waals surface area contributed by atoms with Crippen LogP contribution in [-0.4, -0.2) is 37.8 Å². The van der Waals surface area contributed by atoms with Gasteiger partial charge in [-0.3, -0.25) is 0 Å². The molecule has 3 heteroatoms. The summed E-state index contributed by atoms with van der Waals surface area (Å²) < 4.78 is 5.39. The number of nitrogens with zero attached hydrogens (tertiary/aromatic N) is 1. The molecule has 1 aromatic rings. The van der Waals surface area contributed by atoms with Gasteiger partial charge in [0.2, 0.25) is 0 Å². The second-order valence-corrected chi connectivity index (χ2v) is 6.07. The van der Waals surface area contributed by atoms with Gasteiger partial charge in [-0.05, 0) is 63.5 Å². The van der Waals surface area contributed by atoms with Crippen LogP contribution in [0.2, 0.25) is 0 Å². The maximum atomic E-state index is 9.75. The van der Waals surface area contributed by atoms with Gasteiger partial charge in [0, 0.05) is 11.5 Å². The van der Waals surface area contributed by atoms with Crippen LogP contribution in [0.25, 0.3) is 0 Å². The number of benzene rings is 1. The van der Waals surface area contributed by atoms with Crippen molar-refractivity contribution in [1.29, 1.82) is 0 Å². The van der Waals surface area contributed by atoms with E-state index in [1.807, 2.05) is 0 Å². The number of rotatable bonds is 5. The van der Waals surface area contributed by atoms with Gasteiger partial charge in [-0.25, -0.2) is 0 Å². The molecule has 1 aromatic carbocycles. The van der Waals surface area contributed by atoms with Crippen LogP contribution in [0.5, 0.6) is 5.75 Å². The van der Waals surface area contributed by atoms with Gasteiger partial charge in [0.15, 0.2) is 0 Å². The quantitative estimate of drug-likeness (QED) is 0.886. The molecular formula is C16H25NO2. The van der Waals surface area contributed by atoms with E-state index in [0.717, 1.165) is 24.2 Å². The van der Waals surface area contributed by atoms with Crippen LogP contribution in [-0.2, 0) is 0 Å². The van der Waals surface area contributed by atoms with Crippen molar-refractivity contribution in [3.8, 4) is 5.75 Å². The van der Waals surface area contributed by atoms with E-state index in [2.05, 4.69) is 45.0 Å². The molecule has 19 heavy (non-hydrogen) atoms. The van der Waals surface area contributed by atoms with Crippen molar-refractivity contribution < 1.29 is 9.84 Å². The first-order valence-electron chi connectivity index (χ1n) is 6.87. The molecule has 1 saturated carbocycles. The van der Waals surface area contributed by atoms with Gasteiger partial charge in [-0.1, -0.05) is 6.07 Å². The highest BCUT2D eigenvalue weighted by atomic mass is 16.5. The molecule has 3 nitrogen and oxygen atoms in total. The van der Waals surface area contributed by atoms with Crippen molar-refractivity contribution in [2.24, 2.45) is 5.41 Å². The fourth-order valence-electron chi connectivity index (χ4n) is 3.16. The van der Waals surface area contributed by atoms with E-state index in [4.69, 9.17) is 4.74 Å². The monoisotopic (exact) mass is 263 g/mol. The molecule has 1 fully saturated rings. The standard InChI is InChI=1S/C16H25NO2/c1-11-9-14(19-5)12(2)8-13(11)15(17(3)4)16(10-18)6-7-16/h8-9,15,18H,6-7,10H2,1-5H3. The Hall–Kier alpha value is -1.06. The van der Waals surface area contributed by atoms with Gasteiger partial charge in [0.05, 0.1) is 13.7 Å². The third-order valence-electron chi connectivity index (χ3n) is 4.38. The first-order chi connectivity index (χ1) is 8.95. The van der Waals surface area contributed by atoms with E-state index >= 15 is 0 Å². The van der Waals surface area contributed by atoms with Crippen LogP contribution < -0.4 is 4.74 Å². The summed E-state index contributed by atoms with van der Waals surface area (Å²) in [7, 11) is 5.90. The molecule has 0 amide bonds. The minimum absolute atomic E-state index is 0.0509. The van der Waals surface area contributed by atoms with E-state index < -0.39 is 0 Å². The summed E-state index contributed by atoms with van der Waals surface area (Å²) >= 11 is 0. The molecular weight excluding hydrogens is 238 g/mol. The normalized spacial score (nSPS) is 18.5. The zero-order valence-electron chi connectivity index (χ0n) is 12.7. The molecule has 0 bridgehead atoms. The molecule has 106 valence electrons. The molecule has 1 N–H and O–H groups in total. The van der Waals surface area contributed by atoms with Gasteiger partial charge < -0.3 is 14.7 Å². The molecule has 0 radical (unpaired) electrons. The topological polar surface area (TPSA) is 32.7 Å². The molecule has 0 heterocycles. The number of hydrogen-bond donors (Lipinski definition) is 1. The minimum atomic E-state index is 0.0509. The first kappa shape index (κ1) is 14.4. The lowest BCUT2D eigenvalue weighted by atomic mass is 9.86. The Balaban J connectivity index is 2.46. The van der Waals surface area contributed by atoms with Crippen LogP contribution in [0, 0.1) is 19.3 Å². The predicted octanol–water partition coefficient (Wildman–Crippen LogP) is 2.69. The number of hydrogen-bond acceptors (Lipinski definition) is 3. The molecule has 0 aliphatic heterocycles. The zero-order chi connectivity index (χ0) is 14.2. The number of aliphatic hydroxyl groups excluding tert-OH is 1.